The zero-order valence-corrected chi connectivity index (χ0v) is 18.1. The topological polar surface area (TPSA) is 80.5 Å². The number of hydrogen-bond donors (Lipinski definition) is 1. The maximum atomic E-state index is 12.6. The van der Waals surface area contributed by atoms with Gasteiger partial charge in [-0.25, -0.2) is 0 Å². The van der Waals surface area contributed by atoms with Crippen LogP contribution in [0.3, 0.4) is 0 Å². The highest BCUT2D eigenvalue weighted by atomic mass is 35.5. The molecule has 4 rings (SSSR count). The van der Waals surface area contributed by atoms with E-state index in [1.54, 1.807) is 7.11 Å². The molecule has 0 bridgehead atoms. The Bertz CT molecular complexity index is 1010. The third-order valence-corrected chi connectivity index (χ3v) is 5.91. The van der Waals surface area contributed by atoms with Crippen molar-refractivity contribution >= 4 is 17.5 Å². The number of rotatable bonds is 7. The molecule has 0 spiro atoms. The number of aromatic nitrogens is 2. The van der Waals surface area contributed by atoms with E-state index in [2.05, 4.69) is 20.4 Å². The van der Waals surface area contributed by atoms with Crippen molar-refractivity contribution in [1.29, 1.82) is 0 Å². The zero-order valence-electron chi connectivity index (χ0n) is 17.4. The summed E-state index contributed by atoms with van der Waals surface area (Å²) in [6, 6.07) is 15.3. The van der Waals surface area contributed by atoms with Gasteiger partial charge in [0.25, 0.3) is 0 Å². The molecular weight excluding hydrogens is 416 g/mol. The molecule has 1 amide bonds. The number of benzene rings is 2. The van der Waals surface area contributed by atoms with Crippen LogP contribution in [0.5, 0.6) is 5.75 Å². The Hall–Kier alpha value is -2.90. The number of likely N-dealkylation sites (tertiary alicyclic amines) is 1. The zero-order chi connectivity index (χ0) is 21.6. The molecule has 3 aromatic rings. The first-order chi connectivity index (χ1) is 15.1. The normalized spacial score (nSPS) is 15.0. The number of nitrogens with one attached hydrogen (secondary N) is 1. The van der Waals surface area contributed by atoms with Crippen LogP contribution in [0.4, 0.5) is 0 Å². The minimum absolute atomic E-state index is 0.00789. The molecule has 0 saturated carbocycles. The summed E-state index contributed by atoms with van der Waals surface area (Å²) < 4.78 is 10.4. The second-order valence-corrected chi connectivity index (χ2v) is 8.01. The Balaban J connectivity index is 1.24. The van der Waals surface area contributed by atoms with Crippen LogP contribution in [0.15, 0.2) is 53.1 Å². The van der Waals surface area contributed by atoms with Gasteiger partial charge in [-0.05, 0) is 61.8 Å². The molecule has 0 radical (unpaired) electrons. The Labute approximate surface area is 186 Å². The Morgan fingerprint density at radius 2 is 1.94 bits per heavy atom. The molecule has 2 heterocycles. The summed E-state index contributed by atoms with van der Waals surface area (Å²) in [6.07, 6.45) is 1.63. The molecule has 7 nitrogen and oxygen atoms in total. The number of hydrogen-bond acceptors (Lipinski definition) is 6. The minimum atomic E-state index is -0.00789. The predicted octanol–water partition coefficient (Wildman–Crippen LogP) is 3.93. The molecule has 8 heteroatoms. The summed E-state index contributed by atoms with van der Waals surface area (Å²) in [6.45, 7) is 2.77. The van der Waals surface area contributed by atoms with Gasteiger partial charge in [-0.15, -0.1) is 0 Å². The van der Waals surface area contributed by atoms with Crippen molar-refractivity contribution in [1.82, 2.24) is 20.4 Å². The number of carbonyl (C=O) groups excluding carboxylic acids is 1. The molecule has 1 fully saturated rings. The van der Waals surface area contributed by atoms with E-state index in [-0.39, 0.29) is 18.4 Å². The van der Waals surface area contributed by atoms with E-state index in [0.29, 0.717) is 11.7 Å². The Morgan fingerprint density at radius 1 is 1.19 bits per heavy atom. The fourth-order valence-corrected chi connectivity index (χ4v) is 3.91. The van der Waals surface area contributed by atoms with Crippen LogP contribution in [0.25, 0.3) is 11.4 Å². The number of piperidine rings is 1. The van der Waals surface area contributed by atoms with Gasteiger partial charge in [0.2, 0.25) is 17.6 Å². The van der Waals surface area contributed by atoms with Gasteiger partial charge in [-0.1, -0.05) is 35.0 Å². The van der Waals surface area contributed by atoms with Crippen LogP contribution in [-0.4, -0.2) is 41.1 Å². The number of amides is 1. The Kier molecular flexibility index (Phi) is 6.84. The van der Waals surface area contributed by atoms with Crippen molar-refractivity contribution in [3.05, 3.63) is 65.0 Å². The smallest absolute Gasteiger partial charge is 0.246 e. The van der Waals surface area contributed by atoms with Crippen molar-refractivity contribution in [2.24, 2.45) is 5.92 Å². The van der Waals surface area contributed by atoms with E-state index in [4.69, 9.17) is 20.9 Å². The fraction of sp³-hybridized carbons (Fsp3) is 0.348. The maximum absolute atomic E-state index is 12.6. The van der Waals surface area contributed by atoms with E-state index in [0.717, 1.165) is 54.4 Å². The largest absolute Gasteiger partial charge is 0.497 e. The van der Waals surface area contributed by atoms with Crippen LogP contribution >= 0.6 is 11.6 Å². The lowest BCUT2D eigenvalue weighted by Crippen LogP contribution is -2.40. The number of nitrogens with zero attached hydrogens (tertiary/aromatic N) is 3. The Morgan fingerprint density at radius 3 is 2.65 bits per heavy atom. The first-order valence-corrected chi connectivity index (χ1v) is 10.7. The quantitative estimate of drug-likeness (QED) is 0.599. The molecule has 1 aromatic heterocycles. The molecule has 162 valence electrons. The van der Waals surface area contributed by atoms with Gasteiger partial charge in [0.1, 0.15) is 5.75 Å². The van der Waals surface area contributed by atoms with Crippen molar-refractivity contribution in [3.63, 3.8) is 0 Å². The molecule has 0 atom stereocenters. The fourth-order valence-electron chi connectivity index (χ4n) is 3.71. The summed E-state index contributed by atoms with van der Waals surface area (Å²) in [5, 5.41) is 7.71. The van der Waals surface area contributed by atoms with Crippen LogP contribution < -0.4 is 10.1 Å². The number of halogens is 1. The molecule has 0 unspecified atom stereocenters. The molecule has 2 aromatic carbocycles. The van der Waals surface area contributed by atoms with Crippen LogP contribution in [0.2, 0.25) is 5.02 Å². The molecule has 31 heavy (non-hydrogen) atoms. The van der Waals surface area contributed by atoms with E-state index in [1.165, 1.54) is 0 Å². The number of ether oxygens (including phenoxy) is 1. The lowest BCUT2D eigenvalue weighted by Gasteiger charge is -2.31. The van der Waals surface area contributed by atoms with E-state index < -0.39 is 0 Å². The van der Waals surface area contributed by atoms with Gasteiger partial charge in [0.15, 0.2) is 0 Å². The average molecular weight is 441 g/mol. The second kappa shape index (κ2) is 9.94. The molecule has 1 aliphatic rings. The SMILES string of the molecule is COc1ccc(-c2noc(CNC(=O)C3CCN(Cc4ccccc4Cl)CC3)n2)cc1. The minimum Gasteiger partial charge on any atom is -0.497 e. The summed E-state index contributed by atoms with van der Waals surface area (Å²) in [5.41, 5.74) is 1.95. The van der Waals surface area contributed by atoms with Crippen LogP contribution in [0, 0.1) is 5.92 Å². The molecule has 1 aliphatic heterocycles. The average Bonchev–Trinajstić information content (AvgIpc) is 3.29. The number of carbonyl (C=O) groups is 1. The monoisotopic (exact) mass is 440 g/mol. The third-order valence-electron chi connectivity index (χ3n) is 5.54. The van der Waals surface area contributed by atoms with Crippen LogP contribution in [-0.2, 0) is 17.9 Å². The summed E-state index contributed by atoms with van der Waals surface area (Å²) >= 11 is 6.26. The summed E-state index contributed by atoms with van der Waals surface area (Å²) in [4.78, 5) is 19.3. The van der Waals surface area contributed by atoms with Crippen molar-refractivity contribution in [2.75, 3.05) is 20.2 Å². The van der Waals surface area contributed by atoms with E-state index >= 15 is 0 Å². The van der Waals surface area contributed by atoms with Gasteiger partial charge in [-0.2, -0.15) is 4.98 Å². The standard InChI is InChI=1S/C23H25ClN4O3/c1-30-19-8-6-16(7-9-19)22-26-21(31-27-22)14-25-23(29)17-10-12-28(13-11-17)15-18-4-2-3-5-20(18)24/h2-9,17H,10-15H2,1H3,(H,25,29). The van der Waals surface area contributed by atoms with Crippen molar-refractivity contribution in [2.45, 2.75) is 25.9 Å². The first-order valence-electron chi connectivity index (χ1n) is 10.3. The molecular formula is C23H25ClN4O3. The third kappa shape index (κ3) is 5.42. The lowest BCUT2D eigenvalue weighted by molar-refractivity contribution is -0.126. The first kappa shape index (κ1) is 21.3. The highest BCUT2D eigenvalue weighted by Crippen LogP contribution is 2.23. The van der Waals surface area contributed by atoms with Crippen LogP contribution in [0.1, 0.15) is 24.3 Å². The second-order valence-electron chi connectivity index (χ2n) is 7.60. The van der Waals surface area contributed by atoms with Gasteiger partial charge in [-0.3, -0.25) is 9.69 Å². The lowest BCUT2D eigenvalue weighted by atomic mass is 9.95. The van der Waals surface area contributed by atoms with Gasteiger partial charge in [0, 0.05) is 23.0 Å². The van der Waals surface area contributed by atoms with E-state index in [1.807, 2.05) is 48.5 Å². The highest BCUT2D eigenvalue weighted by Gasteiger charge is 2.25. The summed E-state index contributed by atoms with van der Waals surface area (Å²) in [5.74, 6) is 1.65. The van der Waals surface area contributed by atoms with E-state index in [9.17, 15) is 4.79 Å². The molecule has 1 N–H and O–H groups in total. The number of methoxy groups -OCH3 is 1. The molecule has 0 aliphatic carbocycles. The predicted molar refractivity (Wildman–Crippen MR) is 118 cm³/mol. The molecule has 1 saturated heterocycles. The van der Waals surface area contributed by atoms with Gasteiger partial charge >= 0.3 is 0 Å². The van der Waals surface area contributed by atoms with Crippen molar-refractivity contribution < 1.29 is 14.1 Å². The van der Waals surface area contributed by atoms with Crippen molar-refractivity contribution in [3.8, 4) is 17.1 Å². The maximum Gasteiger partial charge on any atom is 0.246 e. The van der Waals surface area contributed by atoms with Gasteiger partial charge < -0.3 is 14.6 Å². The summed E-state index contributed by atoms with van der Waals surface area (Å²) in [7, 11) is 1.62. The highest BCUT2D eigenvalue weighted by molar-refractivity contribution is 6.31. The van der Waals surface area contributed by atoms with Gasteiger partial charge in [0.05, 0.1) is 13.7 Å².